The Morgan fingerprint density at radius 3 is 2.93 bits per heavy atom. The maximum absolute atomic E-state index is 12.9. The molecule has 1 aliphatic heterocycles. The van der Waals surface area contributed by atoms with Crippen molar-refractivity contribution in [3.63, 3.8) is 0 Å². The third-order valence-corrected chi connectivity index (χ3v) is 5.88. The van der Waals surface area contributed by atoms with Gasteiger partial charge in [-0.25, -0.2) is 0 Å². The molecule has 3 heterocycles. The molecule has 1 unspecified atom stereocenters. The number of nitrogens with zero attached hydrogens (tertiary/aromatic N) is 3. The van der Waals surface area contributed by atoms with Gasteiger partial charge in [0.05, 0.1) is 18.6 Å². The molecule has 6 heteroatoms. The summed E-state index contributed by atoms with van der Waals surface area (Å²) in [6, 6.07) is 4.38. The van der Waals surface area contributed by atoms with Gasteiger partial charge in [0.2, 0.25) is 11.8 Å². The first-order valence-corrected chi connectivity index (χ1v) is 9.77. The zero-order valence-corrected chi connectivity index (χ0v) is 15.5. The Hall–Kier alpha value is -2.63. The summed E-state index contributed by atoms with van der Waals surface area (Å²) < 4.78 is 11.1. The molecular weight excluding hydrogens is 342 g/mol. The topological polar surface area (TPSA) is 72.4 Å². The van der Waals surface area contributed by atoms with Crippen molar-refractivity contribution in [1.29, 1.82) is 0 Å². The van der Waals surface area contributed by atoms with E-state index in [0.29, 0.717) is 24.7 Å². The van der Waals surface area contributed by atoms with Crippen LogP contribution in [0, 0.1) is 6.92 Å². The van der Waals surface area contributed by atoms with Gasteiger partial charge in [0.1, 0.15) is 5.58 Å². The molecule has 0 bridgehead atoms. The second-order valence-corrected chi connectivity index (χ2v) is 7.77. The Labute approximate surface area is 157 Å². The minimum Gasteiger partial charge on any atom is -0.464 e. The Bertz CT molecular complexity index is 1000. The molecule has 0 spiro atoms. The number of hydrogen-bond donors (Lipinski definition) is 0. The molecule has 3 aromatic rings. The first-order valence-electron chi connectivity index (χ1n) is 9.77. The monoisotopic (exact) mass is 365 g/mol. The SMILES string of the molecule is Cc1noc(C2CCCN(C(=O)Cc3coc4cc5c(cc34)CCC5)C2)n1. The van der Waals surface area contributed by atoms with E-state index in [1.54, 1.807) is 6.26 Å². The predicted octanol–water partition coefficient (Wildman–Crippen LogP) is 3.56. The summed E-state index contributed by atoms with van der Waals surface area (Å²) in [5.41, 5.74) is 4.68. The predicted molar refractivity (Wildman–Crippen MR) is 99.5 cm³/mol. The van der Waals surface area contributed by atoms with Gasteiger partial charge in [-0.05, 0) is 62.3 Å². The van der Waals surface area contributed by atoms with Gasteiger partial charge < -0.3 is 13.8 Å². The number of carbonyl (C=O) groups excluding carboxylic acids is 1. The number of hydrogen-bond acceptors (Lipinski definition) is 5. The van der Waals surface area contributed by atoms with Crippen LogP contribution in [0.3, 0.4) is 0 Å². The molecule has 0 saturated carbocycles. The van der Waals surface area contributed by atoms with Gasteiger partial charge in [-0.1, -0.05) is 5.16 Å². The van der Waals surface area contributed by atoms with Crippen LogP contribution < -0.4 is 0 Å². The highest BCUT2D eigenvalue weighted by Gasteiger charge is 2.29. The zero-order valence-electron chi connectivity index (χ0n) is 15.5. The zero-order chi connectivity index (χ0) is 18.4. The highest BCUT2D eigenvalue weighted by molar-refractivity contribution is 5.88. The van der Waals surface area contributed by atoms with Crippen molar-refractivity contribution in [1.82, 2.24) is 15.0 Å². The summed E-state index contributed by atoms with van der Waals surface area (Å²) in [4.78, 5) is 19.2. The molecule has 0 N–H and O–H groups in total. The number of rotatable bonds is 3. The number of carbonyl (C=O) groups is 1. The molecule has 6 nitrogen and oxygen atoms in total. The molecule has 1 aromatic carbocycles. The Balaban J connectivity index is 1.33. The highest BCUT2D eigenvalue weighted by atomic mass is 16.5. The van der Waals surface area contributed by atoms with E-state index < -0.39 is 0 Å². The molecule has 0 radical (unpaired) electrons. The fourth-order valence-electron chi connectivity index (χ4n) is 4.44. The number of likely N-dealkylation sites (tertiary alicyclic amines) is 1. The van der Waals surface area contributed by atoms with E-state index in [2.05, 4.69) is 22.3 Å². The van der Waals surface area contributed by atoms with E-state index in [9.17, 15) is 4.79 Å². The number of aryl methyl sites for hydroxylation is 3. The largest absolute Gasteiger partial charge is 0.464 e. The van der Waals surface area contributed by atoms with E-state index in [-0.39, 0.29) is 11.8 Å². The van der Waals surface area contributed by atoms with Crippen LogP contribution in [0.2, 0.25) is 0 Å². The van der Waals surface area contributed by atoms with Gasteiger partial charge in [0, 0.05) is 24.0 Å². The van der Waals surface area contributed by atoms with E-state index in [1.807, 2.05) is 11.8 Å². The average Bonchev–Trinajstić information content (AvgIpc) is 3.40. The van der Waals surface area contributed by atoms with Crippen LogP contribution in [-0.4, -0.2) is 34.0 Å². The van der Waals surface area contributed by atoms with Crippen LogP contribution in [0.25, 0.3) is 11.0 Å². The summed E-state index contributed by atoms with van der Waals surface area (Å²) in [7, 11) is 0. The van der Waals surface area contributed by atoms with Crippen LogP contribution in [-0.2, 0) is 24.1 Å². The van der Waals surface area contributed by atoms with Gasteiger partial charge in [0.25, 0.3) is 0 Å². The van der Waals surface area contributed by atoms with Crippen LogP contribution in [0.4, 0.5) is 0 Å². The summed E-state index contributed by atoms with van der Waals surface area (Å²) in [5, 5.41) is 4.97. The van der Waals surface area contributed by atoms with Gasteiger partial charge in [-0.15, -0.1) is 0 Å². The summed E-state index contributed by atoms with van der Waals surface area (Å²) in [5.74, 6) is 1.56. The molecule has 140 valence electrons. The van der Waals surface area contributed by atoms with Crippen LogP contribution in [0.5, 0.6) is 0 Å². The summed E-state index contributed by atoms with van der Waals surface area (Å²) in [6.07, 6.45) is 7.53. The van der Waals surface area contributed by atoms with Crippen LogP contribution >= 0.6 is 0 Å². The van der Waals surface area contributed by atoms with Gasteiger partial charge in [-0.3, -0.25) is 4.79 Å². The fourth-order valence-corrected chi connectivity index (χ4v) is 4.44. The van der Waals surface area contributed by atoms with Crippen molar-refractivity contribution in [2.45, 2.75) is 51.4 Å². The smallest absolute Gasteiger partial charge is 0.231 e. The first kappa shape index (κ1) is 16.5. The molecule has 5 rings (SSSR count). The average molecular weight is 365 g/mol. The number of fused-ring (bicyclic) bond motifs is 2. The fraction of sp³-hybridized carbons (Fsp3) is 0.476. The molecule has 2 aliphatic rings. The molecule has 1 fully saturated rings. The number of furan rings is 1. The van der Waals surface area contributed by atoms with Gasteiger partial charge in [0.15, 0.2) is 5.82 Å². The van der Waals surface area contributed by atoms with Crippen molar-refractivity contribution < 1.29 is 13.7 Å². The quantitative estimate of drug-likeness (QED) is 0.710. The Morgan fingerprint density at radius 2 is 2.11 bits per heavy atom. The highest BCUT2D eigenvalue weighted by Crippen LogP contribution is 2.31. The third-order valence-electron chi connectivity index (χ3n) is 5.88. The van der Waals surface area contributed by atoms with E-state index in [0.717, 1.165) is 48.8 Å². The molecule has 2 aromatic heterocycles. The standard InChI is InChI=1S/C21H23N3O3/c1-13-22-21(27-23-13)16-6-3-7-24(11-16)20(25)10-17-12-26-19-9-15-5-2-4-14(15)8-18(17)19/h8-9,12,16H,2-7,10-11H2,1H3. The van der Waals surface area contributed by atoms with Crippen LogP contribution in [0.1, 0.15) is 53.6 Å². The second kappa shape index (κ2) is 6.51. The number of piperidine rings is 1. The van der Waals surface area contributed by atoms with Crippen molar-refractivity contribution in [2.75, 3.05) is 13.1 Å². The molecule has 27 heavy (non-hydrogen) atoms. The number of amides is 1. The molecule has 1 amide bonds. The van der Waals surface area contributed by atoms with Crippen molar-refractivity contribution in [2.24, 2.45) is 0 Å². The third kappa shape index (κ3) is 3.03. The van der Waals surface area contributed by atoms with Crippen LogP contribution in [0.15, 0.2) is 27.3 Å². The summed E-state index contributed by atoms with van der Waals surface area (Å²) >= 11 is 0. The minimum atomic E-state index is 0.133. The molecular formula is C21H23N3O3. The second-order valence-electron chi connectivity index (χ2n) is 7.77. The lowest BCUT2D eigenvalue weighted by Gasteiger charge is -2.31. The lowest BCUT2D eigenvalue weighted by Crippen LogP contribution is -2.40. The maximum Gasteiger partial charge on any atom is 0.231 e. The first-order chi connectivity index (χ1) is 13.2. The van der Waals surface area contributed by atoms with Crippen molar-refractivity contribution in [3.05, 3.63) is 46.8 Å². The van der Waals surface area contributed by atoms with E-state index in [1.165, 1.54) is 17.5 Å². The molecule has 1 saturated heterocycles. The van der Waals surface area contributed by atoms with E-state index in [4.69, 9.17) is 8.94 Å². The van der Waals surface area contributed by atoms with Gasteiger partial charge >= 0.3 is 0 Å². The molecule has 1 aliphatic carbocycles. The van der Waals surface area contributed by atoms with Crippen molar-refractivity contribution in [3.8, 4) is 0 Å². The molecule has 1 atom stereocenters. The maximum atomic E-state index is 12.9. The van der Waals surface area contributed by atoms with Crippen molar-refractivity contribution >= 4 is 16.9 Å². The lowest BCUT2D eigenvalue weighted by atomic mass is 9.97. The van der Waals surface area contributed by atoms with E-state index >= 15 is 0 Å². The lowest BCUT2D eigenvalue weighted by molar-refractivity contribution is -0.131. The normalized spacial score (nSPS) is 19.6. The summed E-state index contributed by atoms with van der Waals surface area (Å²) in [6.45, 7) is 3.25. The number of benzene rings is 1. The number of aromatic nitrogens is 2. The van der Waals surface area contributed by atoms with Gasteiger partial charge in [-0.2, -0.15) is 4.98 Å². The Kier molecular flexibility index (Phi) is 3.99. The minimum absolute atomic E-state index is 0.133. The Morgan fingerprint density at radius 1 is 1.26 bits per heavy atom.